The quantitative estimate of drug-likeness (QED) is 0.227. The van der Waals surface area contributed by atoms with Crippen LogP contribution in [0.2, 0.25) is 0 Å². The third kappa shape index (κ3) is 0. The fraction of sp³-hybridized carbons (Fsp3) is 1.00. The Kier molecular flexibility index (Phi) is 0. The van der Waals surface area contributed by atoms with Gasteiger partial charge in [0, 0.05) is 69.9 Å². The van der Waals surface area contributed by atoms with Gasteiger partial charge in [-0.05, 0) is 0 Å². The predicted molar refractivity (Wildman–Crippen MR) is 528 cm³/mol. The molecule has 0 radical (unpaired) electrons. The van der Waals surface area contributed by atoms with E-state index in [-0.39, 0.29) is 538 Å². The molecular formula is C63H350. The van der Waals surface area contributed by atoms with Crippen molar-refractivity contribution in [2.45, 2.75) is 468 Å². The van der Waals surface area contributed by atoms with Crippen molar-refractivity contribution in [1.82, 2.24) is 0 Å². The lowest BCUT2D eigenvalue weighted by atomic mass is 12.0. The molecule has 0 heterocycles. The molecule has 602 valence electrons. The second-order valence-electron chi connectivity index (χ2n) is 0. The smallest absolute Gasteiger partial charge is 0 e. The lowest BCUT2D eigenvalue weighted by Gasteiger charge is -0.0786. The van der Waals surface area contributed by atoms with Crippen molar-refractivity contribution in [3.63, 3.8) is 0 Å². The van der Waals surface area contributed by atoms with Gasteiger partial charge in [-0.3, -0.25) is 0 Å². The summed E-state index contributed by atoms with van der Waals surface area (Å²) in [6.45, 7) is 0. The van der Waals surface area contributed by atoms with Crippen molar-refractivity contribution >= 4 is 0 Å². The fourth-order valence-electron chi connectivity index (χ4n) is 0. The SMILES string of the molecule is C.C.C.C.C.C.C.C.C.C.C.C.C.C.C.C.C.C.C.C.C.C.C.C.C.C.C.C.C.C.C.C.C.C.C.C.C.C.C.C.C.C.C.C.C.C.C.C.C.C.C.C.C.C.C.C.C.C.C.C.C.C.C.[3HH].[3HH].[3HH].[3HH].[3HH].[3HH].[3HH].[3HH].[3HH].[3HH].[3HH].[3HH].[3HH].[3HH].[3HH].[3HH].[3HH].[3HH].[3HH].[3HH].[3HH].[3HH].[3HH].[3HH].[3HH].[3HH].[3HH].[3HH].[3HH].[3HH].[3HH].[3HH].[3HH].[3HH].[3HH].[3HH].[3HH].[3HH].[3HH].[3HH].[3HH].[3HH].[3HH].[3HH].[3HH].[3HH].[3HH].[3HH].[3HH]. The van der Waals surface area contributed by atoms with Crippen LogP contribution in [-0.2, 0) is 0 Å². The molecule has 0 aromatic carbocycles. The van der Waals surface area contributed by atoms with Gasteiger partial charge in [-0.15, -0.1) is 0 Å². The standard InChI is InChI=1S/63CH4.49H2/h63*1H4;49*1H/i;;;;;;;;;;;;;;;;;;;;;;;;;;;;;;;;;;;;;;;;;;;;;;;;;;;;;;;;;;;;;;;49*1+2. The summed E-state index contributed by atoms with van der Waals surface area (Å²) in [6.07, 6.45) is 0. The molecule has 0 heteroatoms. The van der Waals surface area contributed by atoms with Crippen LogP contribution < -0.4 is 0 Å². The van der Waals surface area contributed by atoms with Crippen molar-refractivity contribution in [1.29, 1.82) is 0 Å². The molecule has 0 amide bonds. The normalized spacial score (nSPS) is 0. The van der Waals surface area contributed by atoms with Gasteiger partial charge in [0.05, 0.1) is 0 Å². The van der Waals surface area contributed by atoms with Gasteiger partial charge >= 0.3 is 0 Å². The average Bonchev–Trinajstić information content (AvgIpc) is 0. The van der Waals surface area contributed by atoms with E-state index in [0.717, 1.165) is 0 Å². The minimum Gasteiger partial charge on any atom is -0.0776 e. The van der Waals surface area contributed by atoms with E-state index in [1.54, 1.807) is 0 Å². The summed E-state index contributed by atoms with van der Waals surface area (Å²) in [5.74, 6) is 0. The van der Waals surface area contributed by atoms with E-state index in [2.05, 4.69) is 0 Å². The first-order chi connectivity index (χ1) is 0. The van der Waals surface area contributed by atoms with Gasteiger partial charge < -0.3 is 0 Å². The van der Waals surface area contributed by atoms with Crippen molar-refractivity contribution in [3.8, 4) is 0 Å². The van der Waals surface area contributed by atoms with Gasteiger partial charge in [0.15, 0.2) is 0 Å². The Hall–Kier alpha value is 0. The molecule has 0 spiro atoms. The van der Waals surface area contributed by atoms with Gasteiger partial charge in [-0.25, -0.2) is 0 Å². The van der Waals surface area contributed by atoms with Crippen LogP contribution >= 0.6 is 0 Å². The largest absolute Gasteiger partial charge is 0.0776 e. The summed E-state index contributed by atoms with van der Waals surface area (Å²) in [5, 5.41) is 0. The third-order valence-electron chi connectivity index (χ3n) is 0. The van der Waals surface area contributed by atoms with Crippen molar-refractivity contribution in [3.05, 3.63) is 0 Å². The first kappa shape index (κ1) is 0. The number of hydrogen-bond donors (Lipinski definition) is 0. The average molecular weight is 1210 g/mol. The maximum absolute atomic E-state index is 0. The third-order valence-corrected chi connectivity index (χ3v) is 0. The topological polar surface area (TPSA) is 0 Å². The van der Waals surface area contributed by atoms with Crippen LogP contribution in [0.3, 0.4) is 0 Å². The second kappa shape index (κ2) is 0. The molecule has 0 aliphatic rings. The number of hydrogen-bond acceptors (Lipinski definition) is 0. The molecule has 0 bridgehead atoms. The van der Waals surface area contributed by atoms with Crippen LogP contribution in [0.15, 0.2) is 0 Å². The van der Waals surface area contributed by atoms with E-state index in [1.165, 1.54) is 0 Å². The first-order valence-electron chi connectivity index (χ1n) is 0. The molecule has 0 nitrogen and oxygen atoms in total. The Morgan fingerprint density at radius 1 is 0.0317 bits per heavy atom. The molecule has 0 aromatic heterocycles. The Morgan fingerprint density at radius 2 is 0.0317 bits per heavy atom. The zero-order valence-corrected chi connectivity index (χ0v) is 0. The molecule has 0 aliphatic heterocycles. The van der Waals surface area contributed by atoms with E-state index >= 15 is 0 Å². The highest BCUT2D eigenvalue weighted by Gasteiger charge is -0.0156. The predicted octanol–water partition coefficient (Wildman–Crippen LogP) is 52.1. The summed E-state index contributed by atoms with van der Waals surface area (Å²) < 4.78 is 0. The summed E-state index contributed by atoms with van der Waals surface area (Å²) in [4.78, 5) is 0. The van der Waals surface area contributed by atoms with Gasteiger partial charge in [0.25, 0.3) is 0 Å². The minimum atomic E-state index is 0. The highest BCUT2D eigenvalue weighted by molar-refractivity contribution is 2.56. The maximum Gasteiger partial charge on any atom is 0 e. The lowest BCUT2D eigenvalue weighted by molar-refractivity contribution is 2.50. The van der Waals surface area contributed by atoms with E-state index in [1.807, 2.05) is 0 Å². The van der Waals surface area contributed by atoms with Gasteiger partial charge in [-0.2, -0.15) is 0 Å². The van der Waals surface area contributed by atoms with E-state index in [0.29, 0.717) is 0 Å². The molecule has 0 aromatic rings. The summed E-state index contributed by atoms with van der Waals surface area (Å²) in [6, 6.07) is 0. The second-order valence-corrected chi connectivity index (χ2v) is 0. The van der Waals surface area contributed by atoms with Gasteiger partial charge in [0.1, 0.15) is 0 Å². The summed E-state index contributed by atoms with van der Waals surface area (Å²) in [5.41, 5.74) is 0. The van der Waals surface area contributed by atoms with E-state index < -0.39 is 0 Å². The lowest BCUT2D eigenvalue weighted by Crippen LogP contribution is 0.143. The zero-order chi connectivity index (χ0) is 0. The van der Waals surface area contributed by atoms with Crippen LogP contribution in [-0.4, -0.2) is 0 Å². The minimum absolute atomic E-state index is 0. The van der Waals surface area contributed by atoms with E-state index in [9.17, 15) is 0 Å². The maximum atomic E-state index is 0. The number of rotatable bonds is 0. The Bertz CT molecular complexity index is 111. The summed E-state index contributed by atoms with van der Waals surface area (Å²) in [7, 11) is 0. The fourth-order valence-corrected chi connectivity index (χ4v) is 0. The van der Waals surface area contributed by atoms with Crippen LogP contribution in [0, 0.1) is 0 Å². The highest BCUT2D eigenvalue weighted by atomic mass is 12.1. The van der Waals surface area contributed by atoms with Crippen LogP contribution in [0.1, 0.15) is 538 Å². The van der Waals surface area contributed by atoms with E-state index in [4.69, 9.17) is 0 Å². The molecular weight excluding hydrogens is 757 g/mol. The van der Waals surface area contributed by atoms with Crippen LogP contribution in [0.5, 0.6) is 0 Å². The van der Waals surface area contributed by atoms with Crippen LogP contribution in [0.25, 0.3) is 0 Å². The van der Waals surface area contributed by atoms with Crippen molar-refractivity contribution in [2.24, 2.45) is 0 Å². The molecule has 0 atom stereocenters. The highest BCUT2D eigenvalue weighted by Crippen LogP contribution is 0.206. The Balaban J connectivity index is 0. The molecule has 0 fully saturated rings. The van der Waals surface area contributed by atoms with Crippen molar-refractivity contribution < 1.29 is 69.9 Å². The molecule has 0 rings (SSSR count). The Labute approximate surface area is 538 Å². The summed E-state index contributed by atoms with van der Waals surface area (Å²) >= 11 is 0. The first-order valence-corrected chi connectivity index (χ1v) is 0. The Morgan fingerprint density at radius 3 is 0.0317 bits per heavy atom. The van der Waals surface area contributed by atoms with Crippen LogP contribution in [0.4, 0.5) is 0 Å². The molecule has 0 unspecified atom stereocenters. The molecule has 63 heavy (non-hydrogen) atoms. The van der Waals surface area contributed by atoms with Gasteiger partial charge in [0.2, 0.25) is 0 Å². The molecule has 0 aliphatic carbocycles. The molecule has 0 saturated carbocycles. The monoisotopic (exact) mass is 1210 g/mol. The molecule has 0 N–H and O–H groups in total. The van der Waals surface area contributed by atoms with Gasteiger partial charge in [-0.1, -0.05) is 468 Å². The molecule has 0 saturated heterocycles. The zero-order valence-electron chi connectivity index (χ0n) is 0. The van der Waals surface area contributed by atoms with Crippen molar-refractivity contribution in [2.75, 3.05) is 0 Å².